The van der Waals surface area contributed by atoms with Crippen LogP contribution in [0.3, 0.4) is 0 Å². The van der Waals surface area contributed by atoms with Crippen molar-refractivity contribution in [2.24, 2.45) is 10.9 Å². The highest BCUT2D eigenvalue weighted by Crippen LogP contribution is 2.27. The van der Waals surface area contributed by atoms with Gasteiger partial charge in [0, 0.05) is 13.1 Å². The van der Waals surface area contributed by atoms with Gasteiger partial charge in [-0.05, 0) is 12.8 Å². The summed E-state index contributed by atoms with van der Waals surface area (Å²) in [6.45, 7) is 2.28. The molecular weight excluding hydrogens is 260 g/mol. The highest BCUT2D eigenvalue weighted by atomic mass is 16.5. The molecule has 1 saturated heterocycles. The number of amides is 2. The van der Waals surface area contributed by atoms with Gasteiger partial charge in [0.15, 0.2) is 5.84 Å². The molecule has 4 N–H and O–H groups in total. The minimum Gasteiger partial charge on any atom is -0.409 e. The fourth-order valence-corrected chi connectivity index (χ4v) is 2.92. The van der Waals surface area contributed by atoms with E-state index in [1.165, 1.54) is 0 Å². The number of rotatable bonds is 2. The Labute approximate surface area is 119 Å². The molecule has 2 fully saturated rings. The van der Waals surface area contributed by atoms with E-state index in [-0.39, 0.29) is 11.9 Å². The number of hydrogen-bond acceptors (Lipinski definition) is 4. The minimum absolute atomic E-state index is 0.112. The van der Waals surface area contributed by atoms with E-state index in [4.69, 9.17) is 15.7 Å². The summed E-state index contributed by atoms with van der Waals surface area (Å²) < 4.78 is 5.24. The SMILES string of the molecule is NC(=NO)C1(NC(=O)N2CCOCC2)CCCCCC1. The highest BCUT2D eigenvalue weighted by molar-refractivity contribution is 5.93. The first-order chi connectivity index (χ1) is 9.68. The number of morpholine rings is 1. The smallest absolute Gasteiger partial charge is 0.318 e. The number of urea groups is 1. The molecule has 7 heteroatoms. The summed E-state index contributed by atoms with van der Waals surface area (Å²) in [5.41, 5.74) is 5.16. The number of ether oxygens (including phenoxy) is 1. The lowest BCUT2D eigenvalue weighted by molar-refractivity contribution is 0.0516. The molecule has 114 valence electrons. The second kappa shape index (κ2) is 6.78. The van der Waals surface area contributed by atoms with Gasteiger partial charge >= 0.3 is 6.03 Å². The van der Waals surface area contributed by atoms with E-state index in [1.807, 2.05) is 0 Å². The molecule has 7 nitrogen and oxygen atoms in total. The third kappa shape index (κ3) is 3.33. The summed E-state index contributed by atoms with van der Waals surface area (Å²) in [5, 5.41) is 15.2. The number of carbonyl (C=O) groups is 1. The first-order valence-corrected chi connectivity index (χ1v) is 7.31. The Balaban J connectivity index is 2.08. The molecule has 1 aliphatic heterocycles. The zero-order valence-corrected chi connectivity index (χ0v) is 11.8. The molecule has 20 heavy (non-hydrogen) atoms. The summed E-state index contributed by atoms with van der Waals surface area (Å²) in [5.74, 6) is 0.112. The second-order valence-corrected chi connectivity index (χ2v) is 5.51. The molecule has 0 spiro atoms. The Morgan fingerprint density at radius 1 is 1.20 bits per heavy atom. The number of nitrogens with one attached hydrogen (secondary N) is 1. The van der Waals surface area contributed by atoms with Crippen molar-refractivity contribution in [1.29, 1.82) is 0 Å². The van der Waals surface area contributed by atoms with Gasteiger partial charge < -0.3 is 25.9 Å². The summed E-state index contributed by atoms with van der Waals surface area (Å²) in [7, 11) is 0. The van der Waals surface area contributed by atoms with Crippen LogP contribution in [0.2, 0.25) is 0 Å². The topological polar surface area (TPSA) is 100 Å². The van der Waals surface area contributed by atoms with E-state index < -0.39 is 5.54 Å². The molecule has 0 unspecified atom stereocenters. The Morgan fingerprint density at radius 2 is 1.80 bits per heavy atom. The zero-order valence-electron chi connectivity index (χ0n) is 11.8. The number of oxime groups is 1. The molecule has 2 rings (SSSR count). The Bertz CT molecular complexity index is 359. The van der Waals surface area contributed by atoms with Gasteiger partial charge in [-0.2, -0.15) is 0 Å². The van der Waals surface area contributed by atoms with Crippen molar-refractivity contribution in [2.75, 3.05) is 26.3 Å². The fraction of sp³-hybridized carbons (Fsp3) is 0.846. The van der Waals surface area contributed by atoms with Crippen molar-refractivity contribution in [1.82, 2.24) is 10.2 Å². The van der Waals surface area contributed by atoms with Gasteiger partial charge in [-0.1, -0.05) is 30.8 Å². The number of carbonyl (C=O) groups excluding carboxylic acids is 1. The molecule has 0 atom stereocenters. The first kappa shape index (κ1) is 14.9. The van der Waals surface area contributed by atoms with Crippen molar-refractivity contribution in [2.45, 2.75) is 44.1 Å². The highest BCUT2D eigenvalue weighted by Gasteiger charge is 2.38. The molecular formula is C13H24N4O3. The number of nitrogens with zero attached hydrogens (tertiary/aromatic N) is 2. The molecule has 0 aromatic heterocycles. The maximum atomic E-state index is 12.4. The van der Waals surface area contributed by atoms with Crippen LogP contribution in [0.1, 0.15) is 38.5 Å². The lowest BCUT2D eigenvalue weighted by Gasteiger charge is -2.36. The van der Waals surface area contributed by atoms with Crippen molar-refractivity contribution >= 4 is 11.9 Å². The monoisotopic (exact) mass is 284 g/mol. The summed E-state index contributed by atoms with van der Waals surface area (Å²) >= 11 is 0. The lowest BCUT2D eigenvalue weighted by Crippen LogP contribution is -2.61. The number of nitrogens with two attached hydrogens (primary N) is 1. The van der Waals surface area contributed by atoms with Crippen molar-refractivity contribution in [3.63, 3.8) is 0 Å². The van der Waals surface area contributed by atoms with Crippen LogP contribution in [0.15, 0.2) is 5.16 Å². The average Bonchev–Trinajstić information content (AvgIpc) is 2.74. The Hall–Kier alpha value is -1.50. The standard InChI is InChI=1S/C13H24N4O3/c14-11(16-19)13(5-3-1-2-4-6-13)15-12(18)17-7-9-20-10-8-17/h19H,1-10H2,(H2,14,16)(H,15,18). The zero-order chi connectivity index (χ0) is 14.4. The largest absolute Gasteiger partial charge is 0.409 e. The minimum atomic E-state index is -0.708. The van der Waals surface area contributed by atoms with Crippen molar-refractivity contribution < 1.29 is 14.7 Å². The van der Waals surface area contributed by atoms with Crippen LogP contribution in [0, 0.1) is 0 Å². The molecule has 0 bridgehead atoms. The quantitative estimate of drug-likeness (QED) is 0.230. The molecule has 1 saturated carbocycles. The van der Waals surface area contributed by atoms with E-state index in [1.54, 1.807) is 4.90 Å². The number of hydrogen-bond donors (Lipinski definition) is 3. The van der Waals surface area contributed by atoms with Crippen LogP contribution in [0.25, 0.3) is 0 Å². The van der Waals surface area contributed by atoms with Gasteiger partial charge in [-0.3, -0.25) is 0 Å². The van der Waals surface area contributed by atoms with E-state index in [9.17, 15) is 4.79 Å². The molecule has 0 aromatic carbocycles. The summed E-state index contributed by atoms with van der Waals surface area (Å²) in [4.78, 5) is 14.1. The van der Waals surface area contributed by atoms with Crippen LogP contribution in [-0.2, 0) is 4.74 Å². The van der Waals surface area contributed by atoms with Gasteiger partial charge in [0.25, 0.3) is 0 Å². The normalized spacial score (nSPS) is 24.0. The maximum Gasteiger partial charge on any atom is 0.318 e. The van der Waals surface area contributed by atoms with Crippen LogP contribution < -0.4 is 11.1 Å². The lowest BCUT2D eigenvalue weighted by atomic mass is 9.89. The van der Waals surface area contributed by atoms with Crippen molar-refractivity contribution in [3.8, 4) is 0 Å². The molecule has 2 aliphatic rings. The average molecular weight is 284 g/mol. The fourth-order valence-electron chi connectivity index (χ4n) is 2.92. The molecule has 1 aliphatic carbocycles. The van der Waals surface area contributed by atoms with Gasteiger partial charge in [-0.15, -0.1) is 0 Å². The third-order valence-electron chi connectivity index (χ3n) is 4.20. The van der Waals surface area contributed by atoms with Crippen LogP contribution in [0.5, 0.6) is 0 Å². The molecule has 0 aromatic rings. The van der Waals surface area contributed by atoms with Crippen LogP contribution in [0.4, 0.5) is 4.79 Å². The molecule has 2 amide bonds. The van der Waals surface area contributed by atoms with Crippen LogP contribution in [-0.4, -0.2) is 53.8 Å². The second-order valence-electron chi connectivity index (χ2n) is 5.51. The van der Waals surface area contributed by atoms with Crippen LogP contribution >= 0.6 is 0 Å². The van der Waals surface area contributed by atoms with Gasteiger partial charge in [0.1, 0.15) is 5.54 Å². The predicted octanol–water partition coefficient (Wildman–Crippen LogP) is 0.868. The van der Waals surface area contributed by atoms with Crippen molar-refractivity contribution in [3.05, 3.63) is 0 Å². The Morgan fingerprint density at radius 3 is 2.35 bits per heavy atom. The first-order valence-electron chi connectivity index (χ1n) is 7.31. The Kier molecular flexibility index (Phi) is 5.05. The van der Waals surface area contributed by atoms with E-state index in [0.717, 1.165) is 38.5 Å². The van der Waals surface area contributed by atoms with Gasteiger partial charge in [0.2, 0.25) is 0 Å². The third-order valence-corrected chi connectivity index (χ3v) is 4.20. The van der Waals surface area contributed by atoms with E-state index in [0.29, 0.717) is 26.3 Å². The van der Waals surface area contributed by atoms with Gasteiger partial charge in [-0.25, -0.2) is 4.79 Å². The van der Waals surface area contributed by atoms with E-state index in [2.05, 4.69) is 10.5 Å². The maximum absolute atomic E-state index is 12.4. The predicted molar refractivity (Wildman–Crippen MR) is 74.8 cm³/mol. The molecule has 0 radical (unpaired) electrons. The van der Waals surface area contributed by atoms with E-state index >= 15 is 0 Å². The summed E-state index contributed by atoms with van der Waals surface area (Å²) in [6.07, 6.45) is 5.62. The number of amidine groups is 1. The summed E-state index contributed by atoms with van der Waals surface area (Å²) in [6, 6.07) is -0.151. The molecule has 1 heterocycles. The van der Waals surface area contributed by atoms with Gasteiger partial charge in [0.05, 0.1) is 13.2 Å².